The number of amides is 2. The minimum atomic E-state index is -1.26. The van der Waals surface area contributed by atoms with E-state index in [0.29, 0.717) is 16.7 Å². The molecule has 2 atom stereocenters. The van der Waals surface area contributed by atoms with Crippen molar-refractivity contribution in [2.45, 2.75) is 25.5 Å². The van der Waals surface area contributed by atoms with Crippen LogP contribution in [0.4, 0.5) is 14.5 Å². The summed E-state index contributed by atoms with van der Waals surface area (Å²) in [5.74, 6) is -2.16. The predicted molar refractivity (Wildman–Crippen MR) is 134 cm³/mol. The second-order valence-corrected chi connectivity index (χ2v) is 9.14. The van der Waals surface area contributed by atoms with Crippen molar-refractivity contribution >= 4 is 28.5 Å². The van der Waals surface area contributed by atoms with Gasteiger partial charge in [0.25, 0.3) is 17.4 Å². The molecule has 2 aromatic carbocycles. The lowest BCUT2D eigenvalue weighted by Gasteiger charge is -2.17. The van der Waals surface area contributed by atoms with Gasteiger partial charge in [-0.05, 0) is 55.3 Å². The molecule has 1 aliphatic heterocycles. The molecule has 196 valence electrons. The Hall–Kier alpha value is -4.42. The molecular formula is C26H23F2N5O5. The minimum Gasteiger partial charge on any atom is -0.394 e. The number of aromatic amines is 2. The normalized spacial score (nSPS) is 14.7. The van der Waals surface area contributed by atoms with E-state index >= 15 is 0 Å². The van der Waals surface area contributed by atoms with E-state index in [4.69, 9.17) is 5.11 Å². The number of aromatic nitrogens is 3. The molecule has 5 rings (SSSR count). The fraction of sp³-hybridized carbons (Fsp3) is 0.231. The van der Waals surface area contributed by atoms with Gasteiger partial charge in [0.1, 0.15) is 23.0 Å². The van der Waals surface area contributed by atoms with Crippen molar-refractivity contribution in [1.29, 1.82) is 0 Å². The molecule has 1 aliphatic rings. The second-order valence-electron chi connectivity index (χ2n) is 9.14. The van der Waals surface area contributed by atoms with Crippen molar-refractivity contribution in [1.82, 2.24) is 19.9 Å². The highest BCUT2D eigenvalue weighted by Gasteiger charge is 2.37. The number of imidazole rings is 1. The molecule has 0 bridgehead atoms. The average Bonchev–Trinajstić information content (AvgIpc) is 3.38. The lowest BCUT2D eigenvalue weighted by Crippen LogP contribution is -2.38. The number of halogens is 2. The molecule has 5 N–H and O–H groups in total. The summed E-state index contributed by atoms with van der Waals surface area (Å²) in [4.78, 5) is 49.3. The van der Waals surface area contributed by atoms with Gasteiger partial charge in [0.2, 0.25) is 0 Å². The molecule has 1 unspecified atom stereocenters. The first-order valence-electron chi connectivity index (χ1n) is 11.8. The first-order valence-corrected chi connectivity index (χ1v) is 11.8. The molecule has 0 saturated carbocycles. The lowest BCUT2D eigenvalue weighted by atomic mass is 10.1. The van der Waals surface area contributed by atoms with E-state index in [9.17, 15) is 28.3 Å². The zero-order valence-corrected chi connectivity index (χ0v) is 20.1. The van der Waals surface area contributed by atoms with Crippen LogP contribution in [0.1, 0.15) is 33.2 Å². The van der Waals surface area contributed by atoms with E-state index < -0.39 is 47.8 Å². The average molecular weight is 523 g/mol. The fourth-order valence-electron chi connectivity index (χ4n) is 4.53. The number of hydrogen-bond donors (Lipinski definition) is 5. The van der Waals surface area contributed by atoms with Crippen molar-refractivity contribution in [2.75, 3.05) is 18.5 Å². The van der Waals surface area contributed by atoms with Gasteiger partial charge >= 0.3 is 0 Å². The van der Waals surface area contributed by atoms with Crippen LogP contribution < -0.4 is 10.9 Å². The van der Waals surface area contributed by atoms with E-state index in [1.807, 2.05) is 0 Å². The van der Waals surface area contributed by atoms with Gasteiger partial charge in [-0.15, -0.1) is 0 Å². The molecule has 0 radical (unpaired) electrons. The number of aliphatic hydroxyl groups is 2. The number of fused-ring (bicyclic) bond motifs is 2. The number of benzene rings is 2. The van der Waals surface area contributed by atoms with Crippen molar-refractivity contribution in [2.24, 2.45) is 0 Å². The standard InChI is InChI=1S/C26H23F2N5O5/c1-12(6-13-7-14(27)2-3-18(13)28)30-19-4-5-29-24(36)22(19)23-31-20-8-16-17(9-21(20)32-23)26(38)33(25(16)37)10-15(35)11-34/h2-5,7-9,12,15,34-35H,6,10-11H2,1H3,(H,31,32)(H2,29,30,36)/t12?,15-/m1/s1. The first kappa shape index (κ1) is 25.2. The summed E-state index contributed by atoms with van der Waals surface area (Å²) >= 11 is 0. The summed E-state index contributed by atoms with van der Waals surface area (Å²) in [5, 5.41) is 21.9. The SMILES string of the molecule is CC(Cc1cc(F)ccc1F)Nc1cc[nH]c(=O)c1-c1nc2cc3c(cc2[nH]1)C(=O)N(C[C@@H](O)CO)C3=O. The molecule has 2 aromatic heterocycles. The van der Waals surface area contributed by atoms with E-state index in [0.717, 1.165) is 23.1 Å². The van der Waals surface area contributed by atoms with Gasteiger partial charge in [-0.25, -0.2) is 13.8 Å². The third-order valence-electron chi connectivity index (χ3n) is 6.31. The quantitative estimate of drug-likeness (QED) is 0.222. The summed E-state index contributed by atoms with van der Waals surface area (Å²) in [7, 11) is 0. The topological polar surface area (TPSA) is 151 Å². The monoisotopic (exact) mass is 523 g/mol. The Balaban J connectivity index is 1.46. The van der Waals surface area contributed by atoms with Crippen LogP contribution in [0.3, 0.4) is 0 Å². The molecule has 4 aromatic rings. The highest BCUT2D eigenvalue weighted by atomic mass is 19.1. The molecular weight excluding hydrogens is 500 g/mol. The maximum atomic E-state index is 14.1. The van der Waals surface area contributed by atoms with Gasteiger partial charge in [0.15, 0.2) is 0 Å². The number of hydrogen-bond acceptors (Lipinski definition) is 7. The Morgan fingerprint density at radius 3 is 2.55 bits per heavy atom. The number of carbonyl (C=O) groups is 2. The number of H-pyrrole nitrogens is 2. The predicted octanol–water partition coefficient (Wildman–Crippen LogP) is 2.19. The Kier molecular flexibility index (Phi) is 6.51. The summed E-state index contributed by atoms with van der Waals surface area (Å²) in [5.41, 5.74) is 1.18. The molecule has 0 fully saturated rings. The van der Waals surface area contributed by atoms with Crippen molar-refractivity contribution < 1.29 is 28.6 Å². The van der Waals surface area contributed by atoms with Crippen LogP contribution in [0, 0.1) is 11.6 Å². The largest absolute Gasteiger partial charge is 0.394 e. The maximum Gasteiger partial charge on any atom is 0.261 e. The molecule has 2 amide bonds. The summed E-state index contributed by atoms with van der Waals surface area (Å²) in [6.45, 7) is 0.813. The zero-order valence-electron chi connectivity index (χ0n) is 20.1. The zero-order chi connectivity index (χ0) is 27.1. The van der Waals surface area contributed by atoms with Gasteiger partial charge in [0, 0.05) is 12.2 Å². The molecule has 0 spiro atoms. The van der Waals surface area contributed by atoms with Gasteiger partial charge in [-0.2, -0.15) is 0 Å². The van der Waals surface area contributed by atoms with Crippen molar-refractivity contribution in [3.8, 4) is 11.4 Å². The second kappa shape index (κ2) is 9.80. The third kappa shape index (κ3) is 4.55. The van der Waals surface area contributed by atoms with E-state index in [1.54, 1.807) is 13.0 Å². The van der Waals surface area contributed by atoms with Crippen molar-refractivity contribution in [3.05, 3.63) is 81.3 Å². The highest BCUT2D eigenvalue weighted by molar-refractivity contribution is 6.22. The summed E-state index contributed by atoms with van der Waals surface area (Å²) < 4.78 is 27.7. The van der Waals surface area contributed by atoms with Crippen LogP contribution in [0.15, 0.2) is 47.4 Å². The number of carbonyl (C=O) groups excluding carboxylic acids is 2. The van der Waals surface area contributed by atoms with E-state index in [2.05, 4.69) is 20.3 Å². The fourth-order valence-corrected chi connectivity index (χ4v) is 4.53. The molecule has 3 heterocycles. The summed E-state index contributed by atoms with van der Waals surface area (Å²) in [6, 6.07) is 7.32. The van der Waals surface area contributed by atoms with Crippen LogP contribution >= 0.6 is 0 Å². The third-order valence-corrected chi connectivity index (χ3v) is 6.31. The van der Waals surface area contributed by atoms with Crippen LogP contribution in [-0.4, -0.2) is 67.2 Å². The molecule has 12 heteroatoms. The van der Waals surface area contributed by atoms with Crippen LogP contribution in [0.2, 0.25) is 0 Å². The Bertz CT molecular complexity index is 1580. The minimum absolute atomic E-state index is 0.0942. The first-order chi connectivity index (χ1) is 18.2. The van der Waals surface area contributed by atoms with Crippen LogP contribution in [0.25, 0.3) is 22.4 Å². The number of pyridine rings is 1. The number of rotatable bonds is 8. The van der Waals surface area contributed by atoms with Gasteiger partial charge in [-0.3, -0.25) is 19.3 Å². The van der Waals surface area contributed by atoms with Crippen LogP contribution in [-0.2, 0) is 6.42 Å². The number of nitrogens with one attached hydrogen (secondary N) is 3. The number of imide groups is 1. The molecule has 0 aliphatic carbocycles. The van der Waals surface area contributed by atoms with Gasteiger partial charge < -0.3 is 25.5 Å². The van der Waals surface area contributed by atoms with Crippen molar-refractivity contribution in [3.63, 3.8) is 0 Å². The number of nitrogens with zero attached hydrogens (tertiary/aromatic N) is 2. The van der Waals surface area contributed by atoms with Gasteiger partial charge in [0.05, 0.1) is 47.1 Å². The molecule has 10 nitrogen and oxygen atoms in total. The smallest absolute Gasteiger partial charge is 0.261 e. The maximum absolute atomic E-state index is 14.1. The summed E-state index contributed by atoms with van der Waals surface area (Å²) in [6.07, 6.45) is 0.324. The Morgan fingerprint density at radius 2 is 1.82 bits per heavy atom. The number of anilines is 1. The van der Waals surface area contributed by atoms with Gasteiger partial charge in [-0.1, -0.05) is 0 Å². The molecule has 38 heavy (non-hydrogen) atoms. The van der Waals surface area contributed by atoms with Crippen LogP contribution in [0.5, 0.6) is 0 Å². The Labute approximate surface area is 214 Å². The lowest BCUT2D eigenvalue weighted by molar-refractivity contribution is 0.0426. The van der Waals surface area contributed by atoms with E-state index in [-0.39, 0.29) is 41.0 Å². The number of β-amino-alcohol motifs (C(OH)–C–C–N with tert-alkyl or cyclic N) is 1. The molecule has 0 saturated heterocycles. The Morgan fingerprint density at radius 1 is 1.08 bits per heavy atom. The highest BCUT2D eigenvalue weighted by Crippen LogP contribution is 2.30. The number of aliphatic hydroxyl groups excluding tert-OH is 2. The van der Waals surface area contributed by atoms with E-state index in [1.165, 1.54) is 18.3 Å².